The van der Waals surface area contributed by atoms with Crippen LogP contribution in [-0.2, 0) is 4.79 Å². The Bertz CT molecular complexity index is 210. The summed E-state index contributed by atoms with van der Waals surface area (Å²) in [5.41, 5.74) is 0. The molecule has 16 heavy (non-hydrogen) atoms. The molecular formula is C13H26OS2. The molecule has 0 aliphatic rings. The van der Waals surface area contributed by atoms with Crippen molar-refractivity contribution in [2.24, 2.45) is 11.8 Å². The predicted octanol–water partition coefficient (Wildman–Crippen LogP) is 4.81. The molecule has 3 heteroatoms. The van der Waals surface area contributed by atoms with Gasteiger partial charge in [-0.2, -0.15) is 0 Å². The minimum Gasteiger partial charge on any atom is -0.299 e. The van der Waals surface area contributed by atoms with Gasteiger partial charge in [-0.05, 0) is 26.2 Å². The van der Waals surface area contributed by atoms with E-state index in [1.54, 1.807) is 0 Å². The topological polar surface area (TPSA) is 17.1 Å². The Morgan fingerprint density at radius 1 is 1.19 bits per heavy atom. The first-order chi connectivity index (χ1) is 7.27. The molecule has 0 bridgehead atoms. The fraction of sp³-hybridized carbons (Fsp3) is 0.923. The molecule has 0 aromatic carbocycles. The van der Waals surface area contributed by atoms with E-state index in [2.05, 4.69) is 27.7 Å². The fourth-order valence-electron chi connectivity index (χ4n) is 0.884. The van der Waals surface area contributed by atoms with Crippen LogP contribution < -0.4 is 0 Å². The first-order valence-electron chi connectivity index (χ1n) is 6.10. The molecule has 0 radical (unpaired) electrons. The quantitative estimate of drug-likeness (QED) is 0.462. The molecule has 0 saturated heterocycles. The molecule has 0 amide bonds. The van der Waals surface area contributed by atoms with E-state index in [-0.39, 0.29) is 5.92 Å². The number of ketones is 1. The first kappa shape index (κ1) is 16.4. The van der Waals surface area contributed by atoms with Crippen LogP contribution in [0.25, 0.3) is 0 Å². The highest BCUT2D eigenvalue weighted by Gasteiger charge is 2.22. The number of Topliss-reactive ketones (excluding diaryl/α,β-unsaturated/α-hetero) is 1. The van der Waals surface area contributed by atoms with Crippen molar-refractivity contribution in [3.63, 3.8) is 0 Å². The van der Waals surface area contributed by atoms with Gasteiger partial charge in [-0.25, -0.2) is 0 Å². The summed E-state index contributed by atoms with van der Waals surface area (Å²) in [6.45, 7) is 13.0. The molecule has 0 fully saturated rings. The van der Waals surface area contributed by atoms with E-state index in [4.69, 9.17) is 0 Å². The smallest absolute Gasteiger partial charge is 0.135 e. The molecule has 0 rings (SSSR count). The normalized spacial score (nSPS) is 12.5. The summed E-state index contributed by atoms with van der Waals surface area (Å²) in [4.78, 5) is 11.4. The number of hydrogen-bond acceptors (Lipinski definition) is 3. The van der Waals surface area contributed by atoms with Crippen molar-refractivity contribution in [2.75, 3.05) is 5.75 Å². The second-order valence-corrected chi connectivity index (χ2v) is 8.46. The van der Waals surface area contributed by atoms with Crippen molar-refractivity contribution in [3.8, 4) is 0 Å². The van der Waals surface area contributed by atoms with Crippen LogP contribution in [0.4, 0.5) is 0 Å². The molecule has 0 heterocycles. The monoisotopic (exact) mass is 262 g/mol. The average molecular weight is 262 g/mol. The lowest BCUT2D eigenvalue weighted by atomic mass is 10.00. The third kappa shape index (κ3) is 6.85. The first-order valence-corrected chi connectivity index (χ1v) is 8.42. The summed E-state index contributed by atoms with van der Waals surface area (Å²) in [5.74, 6) is 2.36. The molecule has 0 aliphatic carbocycles. The van der Waals surface area contributed by atoms with E-state index >= 15 is 0 Å². The molecule has 0 spiro atoms. The Hall–Kier alpha value is 0.370. The van der Waals surface area contributed by atoms with Crippen molar-refractivity contribution in [1.82, 2.24) is 0 Å². The van der Waals surface area contributed by atoms with Gasteiger partial charge in [-0.1, -0.05) is 49.3 Å². The zero-order valence-corrected chi connectivity index (χ0v) is 13.1. The molecule has 0 N–H and O–H groups in total. The van der Waals surface area contributed by atoms with Crippen molar-refractivity contribution in [2.45, 2.75) is 59.1 Å². The lowest BCUT2D eigenvalue weighted by Gasteiger charge is -2.27. The van der Waals surface area contributed by atoms with Gasteiger partial charge in [0.05, 0.1) is 0 Å². The predicted molar refractivity (Wildman–Crippen MR) is 78.0 cm³/mol. The highest BCUT2D eigenvalue weighted by Crippen LogP contribution is 2.40. The molecule has 0 aromatic rings. The third-order valence-corrected chi connectivity index (χ3v) is 6.58. The van der Waals surface area contributed by atoms with Gasteiger partial charge in [0.2, 0.25) is 0 Å². The lowest BCUT2D eigenvalue weighted by molar-refractivity contribution is -0.121. The highest BCUT2D eigenvalue weighted by molar-refractivity contribution is 8.77. The molecule has 1 nitrogen and oxygen atoms in total. The Kier molecular flexibility index (Phi) is 7.83. The van der Waals surface area contributed by atoms with Gasteiger partial charge < -0.3 is 0 Å². The Labute approximate surface area is 109 Å². The average Bonchev–Trinajstić information content (AvgIpc) is 2.16. The van der Waals surface area contributed by atoms with Gasteiger partial charge in [-0.15, -0.1) is 0 Å². The van der Waals surface area contributed by atoms with Gasteiger partial charge >= 0.3 is 0 Å². The van der Waals surface area contributed by atoms with Gasteiger partial charge in [0.25, 0.3) is 0 Å². The second-order valence-electron chi connectivity index (χ2n) is 5.39. The van der Waals surface area contributed by atoms with Gasteiger partial charge in [0.15, 0.2) is 0 Å². The van der Waals surface area contributed by atoms with Crippen LogP contribution in [0.15, 0.2) is 0 Å². The summed E-state index contributed by atoms with van der Waals surface area (Å²) < 4.78 is 0.326. The minimum absolute atomic E-state index is 0.199. The van der Waals surface area contributed by atoms with E-state index in [1.807, 2.05) is 35.4 Å². The van der Waals surface area contributed by atoms with E-state index in [0.29, 0.717) is 16.4 Å². The van der Waals surface area contributed by atoms with E-state index in [1.165, 1.54) is 0 Å². The van der Waals surface area contributed by atoms with Crippen LogP contribution >= 0.6 is 21.6 Å². The maximum Gasteiger partial charge on any atom is 0.135 e. The summed E-state index contributed by atoms with van der Waals surface area (Å²) in [6.07, 6.45) is 1.76. The van der Waals surface area contributed by atoms with Crippen LogP contribution in [0.3, 0.4) is 0 Å². The number of hydrogen-bond donors (Lipinski definition) is 0. The van der Waals surface area contributed by atoms with E-state index in [9.17, 15) is 4.79 Å². The standard InChI is InChI=1S/C13H26OS2/c1-10(2)12(14)8-7-9-15-16-13(5,6)11(3)4/h10-11H,7-9H2,1-6H3. The summed E-state index contributed by atoms with van der Waals surface area (Å²) in [6, 6.07) is 0. The number of rotatable bonds is 8. The summed E-state index contributed by atoms with van der Waals surface area (Å²) >= 11 is 0. The van der Waals surface area contributed by atoms with Crippen molar-refractivity contribution in [1.29, 1.82) is 0 Å². The number of carbonyl (C=O) groups excluding carboxylic acids is 1. The molecule has 0 aromatic heterocycles. The minimum atomic E-state index is 0.199. The molecule has 0 atom stereocenters. The van der Waals surface area contributed by atoms with Gasteiger partial charge in [-0.3, -0.25) is 4.79 Å². The van der Waals surface area contributed by atoms with E-state index in [0.717, 1.165) is 18.6 Å². The lowest BCUT2D eigenvalue weighted by Crippen LogP contribution is -2.21. The van der Waals surface area contributed by atoms with Crippen LogP contribution in [0, 0.1) is 11.8 Å². The Morgan fingerprint density at radius 3 is 2.19 bits per heavy atom. The Balaban J connectivity index is 3.58. The molecule has 0 aliphatic heterocycles. The SMILES string of the molecule is CC(C)C(=O)CCCSSC(C)(C)C(C)C. The summed E-state index contributed by atoms with van der Waals surface area (Å²) in [7, 11) is 3.86. The van der Waals surface area contributed by atoms with Crippen LogP contribution in [0.5, 0.6) is 0 Å². The maximum atomic E-state index is 11.4. The highest BCUT2D eigenvalue weighted by atomic mass is 33.1. The molecule has 0 saturated carbocycles. The largest absolute Gasteiger partial charge is 0.299 e. The summed E-state index contributed by atoms with van der Waals surface area (Å²) in [5, 5.41) is 0. The Morgan fingerprint density at radius 2 is 1.75 bits per heavy atom. The van der Waals surface area contributed by atoms with Crippen molar-refractivity contribution < 1.29 is 4.79 Å². The number of carbonyl (C=O) groups is 1. The molecule has 96 valence electrons. The van der Waals surface area contributed by atoms with Crippen molar-refractivity contribution in [3.05, 3.63) is 0 Å². The maximum absolute atomic E-state index is 11.4. The van der Waals surface area contributed by atoms with Crippen molar-refractivity contribution >= 4 is 27.4 Å². The zero-order chi connectivity index (χ0) is 12.8. The van der Waals surface area contributed by atoms with Crippen LogP contribution in [-0.4, -0.2) is 16.3 Å². The second kappa shape index (κ2) is 7.65. The zero-order valence-electron chi connectivity index (χ0n) is 11.5. The fourth-order valence-corrected chi connectivity index (χ4v) is 3.82. The molecular weight excluding hydrogens is 236 g/mol. The molecule has 0 unspecified atom stereocenters. The van der Waals surface area contributed by atoms with Crippen LogP contribution in [0.1, 0.15) is 54.4 Å². The van der Waals surface area contributed by atoms with Crippen LogP contribution in [0.2, 0.25) is 0 Å². The van der Waals surface area contributed by atoms with E-state index < -0.39 is 0 Å². The third-order valence-electron chi connectivity index (χ3n) is 2.96. The van der Waals surface area contributed by atoms with Gasteiger partial charge in [0, 0.05) is 22.8 Å². The van der Waals surface area contributed by atoms with Gasteiger partial charge in [0.1, 0.15) is 5.78 Å².